The van der Waals surface area contributed by atoms with Gasteiger partial charge in [-0.05, 0) is 25.0 Å². The first-order chi connectivity index (χ1) is 16.7. The fourth-order valence-corrected chi connectivity index (χ4v) is 4.26. The number of hydrogen-bond acceptors (Lipinski definition) is 9. The summed E-state index contributed by atoms with van der Waals surface area (Å²) < 4.78 is 7.44. The number of fused-ring (bicyclic) bond motifs is 1. The number of carbonyl (C=O) groups excluding carboxylic acids is 1. The van der Waals surface area contributed by atoms with Crippen LogP contribution in [0.1, 0.15) is 30.9 Å². The van der Waals surface area contributed by atoms with E-state index in [0.717, 1.165) is 5.69 Å². The van der Waals surface area contributed by atoms with Crippen LogP contribution in [0, 0.1) is 0 Å². The molecule has 1 aliphatic carbocycles. The van der Waals surface area contributed by atoms with E-state index in [1.165, 1.54) is 25.2 Å². The zero-order valence-corrected chi connectivity index (χ0v) is 18.5. The summed E-state index contributed by atoms with van der Waals surface area (Å²) in [6.45, 7) is 0.486. The largest absolute Gasteiger partial charge is 0.380 e. The predicted molar refractivity (Wildman–Crippen MR) is 124 cm³/mol. The molecular weight excluding hydrogens is 436 g/mol. The first kappa shape index (κ1) is 20.5. The summed E-state index contributed by atoms with van der Waals surface area (Å²) in [5.74, 6) is 2.44. The van der Waals surface area contributed by atoms with Crippen molar-refractivity contribution in [3.05, 3.63) is 48.7 Å². The van der Waals surface area contributed by atoms with Gasteiger partial charge >= 0.3 is 0 Å². The highest BCUT2D eigenvalue weighted by Gasteiger charge is 2.39. The average molecular weight is 461 g/mol. The number of H-pyrrole nitrogens is 1. The molecule has 0 unspecified atom stereocenters. The van der Waals surface area contributed by atoms with E-state index in [4.69, 9.17) is 14.7 Å². The molecule has 0 aromatic carbocycles. The second kappa shape index (κ2) is 8.37. The molecule has 5 heterocycles. The van der Waals surface area contributed by atoms with Gasteiger partial charge in [-0.3, -0.25) is 19.3 Å². The molecule has 2 fully saturated rings. The van der Waals surface area contributed by atoms with Gasteiger partial charge in [0.25, 0.3) is 0 Å². The van der Waals surface area contributed by atoms with Crippen LogP contribution in [0.25, 0.3) is 5.65 Å². The Bertz CT molecular complexity index is 1320. The highest BCUT2D eigenvalue weighted by Crippen LogP contribution is 2.39. The lowest BCUT2D eigenvalue weighted by Crippen LogP contribution is -2.41. The maximum Gasteiger partial charge on any atom is 0.248 e. The number of aromatic amines is 1. The molecule has 174 valence electrons. The Morgan fingerprint density at radius 2 is 2.15 bits per heavy atom. The van der Waals surface area contributed by atoms with Crippen molar-refractivity contribution in [3.8, 4) is 0 Å². The van der Waals surface area contributed by atoms with Crippen molar-refractivity contribution in [2.24, 2.45) is 0 Å². The molecule has 2 aliphatic rings. The molecule has 0 spiro atoms. The van der Waals surface area contributed by atoms with E-state index >= 15 is 0 Å². The van der Waals surface area contributed by atoms with E-state index in [2.05, 4.69) is 30.8 Å². The summed E-state index contributed by atoms with van der Waals surface area (Å²) in [4.78, 5) is 32.7. The van der Waals surface area contributed by atoms with Crippen LogP contribution in [0.2, 0.25) is 0 Å². The van der Waals surface area contributed by atoms with Gasteiger partial charge in [-0.15, -0.1) is 0 Å². The number of aromatic nitrogens is 7. The van der Waals surface area contributed by atoms with Crippen LogP contribution in [-0.4, -0.2) is 66.2 Å². The van der Waals surface area contributed by atoms with Gasteiger partial charge < -0.3 is 20.3 Å². The lowest BCUT2D eigenvalue weighted by atomic mass is 10.2. The molecule has 1 saturated carbocycles. The summed E-state index contributed by atoms with van der Waals surface area (Å²) in [6, 6.07) is 5.29. The number of nitrogens with one attached hydrogen (secondary N) is 3. The summed E-state index contributed by atoms with van der Waals surface area (Å²) in [5, 5.41) is 13.6. The second-order valence-electron chi connectivity index (χ2n) is 8.53. The summed E-state index contributed by atoms with van der Waals surface area (Å²) in [5.41, 5.74) is 1.84. The van der Waals surface area contributed by atoms with E-state index in [9.17, 15) is 4.79 Å². The SMILES string of the molecule is CO[C@@H]1C[C@@H](C(=O)Nc2cnccn2)N(c2nc(Nc3cc(C4CC4)[nH]n3)n3cccc3n2)C1. The van der Waals surface area contributed by atoms with Crippen molar-refractivity contribution in [1.82, 2.24) is 34.5 Å². The standard InChI is InChI=1S/C22H24N10O2/c1-34-14-9-16(20(33)25-18-11-23-6-7-24-18)32(12-14)22-27-19-3-2-8-31(19)21(28-22)26-17-10-15(29-30-17)13-4-5-13/h2-3,6-8,10-11,13-14,16H,4-5,9,12H2,1H3,(H,24,25,33)(H2,26,27,28,29,30)/t14-,16+/m1/s1. The van der Waals surface area contributed by atoms with Gasteiger partial charge in [-0.25, -0.2) is 4.98 Å². The first-order valence-corrected chi connectivity index (χ1v) is 11.2. The third-order valence-corrected chi connectivity index (χ3v) is 6.20. The predicted octanol–water partition coefficient (Wildman–Crippen LogP) is 2.10. The molecule has 4 aromatic rings. The molecule has 6 rings (SSSR count). The number of anilines is 4. The van der Waals surface area contributed by atoms with Crippen LogP contribution < -0.4 is 15.5 Å². The number of amides is 1. The molecule has 4 aromatic heterocycles. The first-order valence-electron chi connectivity index (χ1n) is 11.2. The zero-order chi connectivity index (χ0) is 23.1. The molecule has 0 bridgehead atoms. The van der Waals surface area contributed by atoms with Crippen molar-refractivity contribution in [2.45, 2.75) is 37.3 Å². The maximum absolute atomic E-state index is 13.2. The highest BCUT2D eigenvalue weighted by molar-refractivity contribution is 5.96. The van der Waals surface area contributed by atoms with E-state index in [1.807, 2.05) is 33.7 Å². The number of nitrogens with zero attached hydrogens (tertiary/aromatic N) is 7. The van der Waals surface area contributed by atoms with Crippen LogP contribution >= 0.6 is 0 Å². The van der Waals surface area contributed by atoms with Crippen LogP contribution in [0.4, 0.5) is 23.5 Å². The van der Waals surface area contributed by atoms with Gasteiger partial charge in [0, 0.05) is 56.3 Å². The van der Waals surface area contributed by atoms with Gasteiger partial charge in [-0.2, -0.15) is 15.1 Å². The zero-order valence-electron chi connectivity index (χ0n) is 18.5. The van der Waals surface area contributed by atoms with Crippen molar-refractivity contribution >= 4 is 35.1 Å². The van der Waals surface area contributed by atoms with Gasteiger partial charge in [0.2, 0.25) is 17.8 Å². The quantitative estimate of drug-likeness (QED) is 0.378. The minimum atomic E-state index is -0.524. The number of methoxy groups -OCH3 is 1. The van der Waals surface area contributed by atoms with Crippen LogP contribution in [0.15, 0.2) is 43.0 Å². The lowest BCUT2D eigenvalue weighted by Gasteiger charge is -2.24. The molecule has 1 amide bonds. The minimum absolute atomic E-state index is 0.131. The monoisotopic (exact) mass is 460 g/mol. The molecule has 0 radical (unpaired) electrons. The van der Waals surface area contributed by atoms with E-state index in [1.54, 1.807) is 13.3 Å². The van der Waals surface area contributed by atoms with E-state index in [0.29, 0.717) is 48.1 Å². The molecular formula is C22H24N10O2. The van der Waals surface area contributed by atoms with Crippen LogP contribution in [0.3, 0.4) is 0 Å². The van der Waals surface area contributed by atoms with E-state index < -0.39 is 6.04 Å². The third-order valence-electron chi connectivity index (χ3n) is 6.20. The molecule has 3 N–H and O–H groups in total. The highest BCUT2D eigenvalue weighted by atomic mass is 16.5. The van der Waals surface area contributed by atoms with E-state index in [-0.39, 0.29) is 12.0 Å². The number of ether oxygens (including phenoxy) is 1. The molecule has 12 heteroatoms. The van der Waals surface area contributed by atoms with Gasteiger partial charge in [-0.1, -0.05) is 0 Å². The minimum Gasteiger partial charge on any atom is -0.380 e. The Kier molecular flexibility index (Phi) is 5.06. The fourth-order valence-electron chi connectivity index (χ4n) is 4.26. The molecule has 2 atom stereocenters. The normalized spacial score (nSPS) is 20.1. The van der Waals surface area contributed by atoms with Gasteiger partial charge in [0.15, 0.2) is 11.6 Å². The fraction of sp³-hybridized carbons (Fsp3) is 0.364. The van der Waals surface area contributed by atoms with Gasteiger partial charge in [0.1, 0.15) is 11.7 Å². The molecule has 1 aliphatic heterocycles. The van der Waals surface area contributed by atoms with Crippen LogP contribution in [-0.2, 0) is 9.53 Å². The molecule has 1 saturated heterocycles. The Hall–Kier alpha value is -4.06. The number of rotatable bonds is 7. The lowest BCUT2D eigenvalue weighted by molar-refractivity contribution is -0.117. The Balaban J connectivity index is 1.31. The second-order valence-corrected chi connectivity index (χ2v) is 8.53. The Morgan fingerprint density at radius 3 is 2.94 bits per heavy atom. The summed E-state index contributed by atoms with van der Waals surface area (Å²) in [6.07, 6.45) is 9.24. The Morgan fingerprint density at radius 1 is 1.24 bits per heavy atom. The maximum atomic E-state index is 13.2. The molecule has 34 heavy (non-hydrogen) atoms. The average Bonchev–Trinajstić information content (AvgIpc) is 3.24. The number of hydrogen-bond donors (Lipinski definition) is 3. The number of carbonyl (C=O) groups is 1. The van der Waals surface area contributed by atoms with Gasteiger partial charge in [0.05, 0.1) is 12.3 Å². The van der Waals surface area contributed by atoms with Crippen LogP contribution in [0.5, 0.6) is 0 Å². The topological polar surface area (TPSA) is 138 Å². The van der Waals surface area contributed by atoms with Crippen molar-refractivity contribution in [3.63, 3.8) is 0 Å². The third kappa shape index (κ3) is 3.92. The van der Waals surface area contributed by atoms with Crippen molar-refractivity contribution in [1.29, 1.82) is 0 Å². The molecule has 12 nitrogen and oxygen atoms in total. The summed E-state index contributed by atoms with van der Waals surface area (Å²) >= 11 is 0. The Labute approximate surface area is 194 Å². The smallest absolute Gasteiger partial charge is 0.248 e. The summed E-state index contributed by atoms with van der Waals surface area (Å²) in [7, 11) is 1.64. The van der Waals surface area contributed by atoms with Crippen molar-refractivity contribution < 1.29 is 9.53 Å². The van der Waals surface area contributed by atoms with Crippen molar-refractivity contribution in [2.75, 3.05) is 29.2 Å².